The summed E-state index contributed by atoms with van der Waals surface area (Å²) >= 11 is 2.02. The fraction of sp³-hybridized carbons (Fsp3) is 0.833. The third kappa shape index (κ3) is 10.1. The second-order valence-electron chi connectivity index (χ2n) is 3.69. The molecule has 0 heterocycles. The lowest BCUT2D eigenvalue weighted by atomic mass is 10.3. The van der Waals surface area contributed by atoms with Crippen LogP contribution in [-0.4, -0.2) is 24.6 Å². The molecule has 14 heavy (non-hydrogen) atoms. The molecular formula is C12H25NS. The van der Waals surface area contributed by atoms with Gasteiger partial charge in [-0.05, 0) is 25.1 Å². The summed E-state index contributed by atoms with van der Waals surface area (Å²) in [5.41, 5.74) is 1.33. The number of hydrogen-bond acceptors (Lipinski definition) is 2. The average Bonchev–Trinajstić information content (AvgIpc) is 2.18. The van der Waals surface area contributed by atoms with Crippen molar-refractivity contribution in [3.05, 3.63) is 12.2 Å². The maximum atomic E-state index is 4.06. The second-order valence-corrected chi connectivity index (χ2v) is 4.79. The SMILES string of the molecule is C=C(CNCCC)CSCCCCC. The van der Waals surface area contributed by atoms with Crippen molar-refractivity contribution >= 4 is 11.8 Å². The maximum absolute atomic E-state index is 4.06. The summed E-state index contributed by atoms with van der Waals surface area (Å²) in [5, 5.41) is 3.37. The van der Waals surface area contributed by atoms with Crippen LogP contribution in [0.1, 0.15) is 39.5 Å². The first-order chi connectivity index (χ1) is 6.81. The number of hydrogen-bond donors (Lipinski definition) is 1. The number of thioether (sulfide) groups is 1. The Bertz CT molecular complexity index is 134. The Morgan fingerprint density at radius 3 is 2.64 bits per heavy atom. The fourth-order valence-electron chi connectivity index (χ4n) is 1.16. The number of nitrogens with one attached hydrogen (secondary N) is 1. The van der Waals surface area contributed by atoms with E-state index in [4.69, 9.17) is 0 Å². The monoisotopic (exact) mass is 215 g/mol. The molecule has 0 saturated carbocycles. The molecule has 1 N–H and O–H groups in total. The summed E-state index contributed by atoms with van der Waals surface area (Å²) in [6.07, 6.45) is 5.25. The predicted molar refractivity (Wildman–Crippen MR) is 69.2 cm³/mol. The van der Waals surface area contributed by atoms with Crippen molar-refractivity contribution in [2.24, 2.45) is 0 Å². The van der Waals surface area contributed by atoms with E-state index in [0.717, 1.165) is 18.8 Å². The van der Waals surface area contributed by atoms with Gasteiger partial charge in [-0.3, -0.25) is 0 Å². The molecule has 0 radical (unpaired) electrons. The summed E-state index contributed by atoms with van der Waals surface area (Å²) in [6, 6.07) is 0. The molecule has 0 spiro atoms. The third-order valence-electron chi connectivity index (χ3n) is 2.00. The molecule has 0 atom stereocenters. The van der Waals surface area contributed by atoms with Crippen molar-refractivity contribution in [2.75, 3.05) is 24.6 Å². The van der Waals surface area contributed by atoms with Gasteiger partial charge in [-0.1, -0.05) is 38.8 Å². The van der Waals surface area contributed by atoms with Gasteiger partial charge in [0, 0.05) is 12.3 Å². The van der Waals surface area contributed by atoms with Gasteiger partial charge >= 0.3 is 0 Å². The molecule has 0 aromatic rings. The van der Waals surface area contributed by atoms with Gasteiger partial charge in [-0.25, -0.2) is 0 Å². The second kappa shape index (κ2) is 11.1. The van der Waals surface area contributed by atoms with Crippen LogP contribution in [0.15, 0.2) is 12.2 Å². The molecule has 84 valence electrons. The summed E-state index contributed by atoms with van der Waals surface area (Å²) in [6.45, 7) is 10.6. The van der Waals surface area contributed by atoms with E-state index >= 15 is 0 Å². The Morgan fingerprint density at radius 2 is 2.00 bits per heavy atom. The van der Waals surface area contributed by atoms with Gasteiger partial charge in [0.25, 0.3) is 0 Å². The van der Waals surface area contributed by atoms with Crippen LogP contribution in [-0.2, 0) is 0 Å². The Morgan fingerprint density at radius 1 is 1.21 bits per heavy atom. The minimum atomic E-state index is 0.995. The van der Waals surface area contributed by atoms with E-state index < -0.39 is 0 Å². The summed E-state index contributed by atoms with van der Waals surface area (Å²) in [5.74, 6) is 2.42. The molecule has 0 aliphatic rings. The minimum Gasteiger partial charge on any atom is -0.313 e. The highest BCUT2D eigenvalue weighted by atomic mass is 32.2. The van der Waals surface area contributed by atoms with Crippen LogP contribution in [0.2, 0.25) is 0 Å². The van der Waals surface area contributed by atoms with E-state index in [1.54, 1.807) is 0 Å². The van der Waals surface area contributed by atoms with Crippen LogP contribution >= 0.6 is 11.8 Å². The van der Waals surface area contributed by atoms with E-state index in [0.29, 0.717) is 0 Å². The highest BCUT2D eigenvalue weighted by Gasteiger charge is 1.94. The van der Waals surface area contributed by atoms with Crippen LogP contribution in [0, 0.1) is 0 Å². The third-order valence-corrected chi connectivity index (χ3v) is 3.19. The zero-order valence-electron chi connectivity index (χ0n) is 9.77. The van der Waals surface area contributed by atoms with Crippen LogP contribution in [0.4, 0.5) is 0 Å². The van der Waals surface area contributed by atoms with Gasteiger partial charge in [0.05, 0.1) is 0 Å². The number of rotatable bonds is 10. The summed E-state index contributed by atoms with van der Waals surface area (Å²) < 4.78 is 0. The molecular weight excluding hydrogens is 190 g/mol. The molecule has 0 amide bonds. The van der Waals surface area contributed by atoms with Crippen molar-refractivity contribution < 1.29 is 0 Å². The molecule has 0 aromatic heterocycles. The topological polar surface area (TPSA) is 12.0 Å². The van der Waals surface area contributed by atoms with Gasteiger partial charge in [-0.2, -0.15) is 11.8 Å². The molecule has 0 saturated heterocycles. The smallest absolute Gasteiger partial charge is 0.0170 e. The van der Waals surface area contributed by atoms with E-state index in [1.807, 2.05) is 11.8 Å². The summed E-state index contributed by atoms with van der Waals surface area (Å²) in [4.78, 5) is 0. The van der Waals surface area contributed by atoms with Crippen molar-refractivity contribution in [1.29, 1.82) is 0 Å². The van der Waals surface area contributed by atoms with Crippen molar-refractivity contribution in [3.8, 4) is 0 Å². The lowest BCUT2D eigenvalue weighted by Gasteiger charge is -2.06. The van der Waals surface area contributed by atoms with Crippen LogP contribution in [0.5, 0.6) is 0 Å². The average molecular weight is 215 g/mol. The molecule has 0 rings (SSSR count). The van der Waals surface area contributed by atoms with Crippen LogP contribution < -0.4 is 5.32 Å². The quantitative estimate of drug-likeness (QED) is 0.442. The first-order valence-electron chi connectivity index (χ1n) is 5.76. The van der Waals surface area contributed by atoms with Crippen molar-refractivity contribution in [3.63, 3.8) is 0 Å². The van der Waals surface area contributed by atoms with Crippen LogP contribution in [0.3, 0.4) is 0 Å². The molecule has 0 bridgehead atoms. The molecule has 1 nitrogen and oxygen atoms in total. The highest BCUT2D eigenvalue weighted by molar-refractivity contribution is 7.99. The lowest BCUT2D eigenvalue weighted by molar-refractivity contribution is 0.715. The van der Waals surface area contributed by atoms with E-state index in [-0.39, 0.29) is 0 Å². The van der Waals surface area contributed by atoms with Gasteiger partial charge in [0.1, 0.15) is 0 Å². The van der Waals surface area contributed by atoms with Gasteiger partial charge in [0.15, 0.2) is 0 Å². The Balaban J connectivity index is 3.10. The Kier molecular flexibility index (Phi) is 11.2. The fourth-order valence-corrected chi connectivity index (χ4v) is 2.11. The normalized spacial score (nSPS) is 10.4. The molecule has 0 aliphatic heterocycles. The number of unbranched alkanes of at least 4 members (excludes halogenated alkanes) is 2. The molecule has 0 unspecified atom stereocenters. The van der Waals surface area contributed by atoms with E-state index in [1.165, 1.54) is 37.0 Å². The zero-order valence-corrected chi connectivity index (χ0v) is 10.6. The van der Waals surface area contributed by atoms with E-state index in [9.17, 15) is 0 Å². The minimum absolute atomic E-state index is 0.995. The highest BCUT2D eigenvalue weighted by Crippen LogP contribution is 2.09. The van der Waals surface area contributed by atoms with E-state index in [2.05, 4.69) is 25.7 Å². The molecule has 0 aliphatic carbocycles. The van der Waals surface area contributed by atoms with Gasteiger partial charge in [0.2, 0.25) is 0 Å². The summed E-state index contributed by atoms with van der Waals surface area (Å²) in [7, 11) is 0. The van der Waals surface area contributed by atoms with Crippen molar-refractivity contribution in [2.45, 2.75) is 39.5 Å². The zero-order chi connectivity index (χ0) is 10.6. The molecule has 0 aromatic carbocycles. The first-order valence-corrected chi connectivity index (χ1v) is 6.91. The lowest BCUT2D eigenvalue weighted by Crippen LogP contribution is -2.18. The van der Waals surface area contributed by atoms with Gasteiger partial charge in [-0.15, -0.1) is 0 Å². The standard InChI is InChI=1S/C12H25NS/c1-4-6-7-9-14-11-12(3)10-13-8-5-2/h13H,3-11H2,1-2H3. The predicted octanol–water partition coefficient (Wildman–Crippen LogP) is 3.47. The maximum Gasteiger partial charge on any atom is 0.0170 e. The van der Waals surface area contributed by atoms with Crippen LogP contribution in [0.25, 0.3) is 0 Å². The van der Waals surface area contributed by atoms with Gasteiger partial charge < -0.3 is 5.32 Å². The molecule has 2 heteroatoms. The van der Waals surface area contributed by atoms with Crippen molar-refractivity contribution in [1.82, 2.24) is 5.32 Å². The largest absolute Gasteiger partial charge is 0.313 e. The first kappa shape index (κ1) is 14.1. The molecule has 0 fully saturated rings. The Labute approximate surface area is 93.7 Å². The Hall–Kier alpha value is 0.0500.